The first-order chi connectivity index (χ1) is 29.4. The Hall–Kier alpha value is -6.55. The van der Waals surface area contributed by atoms with Gasteiger partial charge < -0.3 is 9.52 Å². The predicted molar refractivity (Wildman–Crippen MR) is 237 cm³/mol. The number of rotatable bonds is 6. The van der Waals surface area contributed by atoms with Gasteiger partial charge in [-0.1, -0.05) is 147 Å². The van der Waals surface area contributed by atoms with Crippen LogP contribution in [0.4, 0.5) is 0 Å². The zero-order valence-electron chi connectivity index (χ0n) is 35.6. The molecule has 1 N–H and O–H groups in total. The van der Waals surface area contributed by atoms with E-state index in [-0.39, 0.29) is 32.2 Å². The van der Waals surface area contributed by atoms with Crippen LogP contribution in [0.15, 0.2) is 168 Å². The summed E-state index contributed by atoms with van der Waals surface area (Å²) < 4.78 is 32.1. The van der Waals surface area contributed by atoms with E-state index in [2.05, 4.69) is 79.9 Å². The summed E-state index contributed by atoms with van der Waals surface area (Å²) in [6.45, 7) is 4.40. The van der Waals surface area contributed by atoms with Crippen molar-refractivity contribution in [2.45, 2.75) is 33.0 Å². The predicted octanol–water partition coefficient (Wildman–Crippen LogP) is 13.8. The van der Waals surface area contributed by atoms with Gasteiger partial charge in [0.15, 0.2) is 5.82 Å². The summed E-state index contributed by atoms with van der Waals surface area (Å²) in [5.74, 6) is 0.600. The van der Waals surface area contributed by atoms with Gasteiger partial charge in [0, 0.05) is 53.4 Å². The normalized spacial score (nSPS) is 12.6. The number of hydrogen-bond donors (Lipinski definition) is 1. The fourth-order valence-electron chi connectivity index (χ4n) is 7.96. The van der Waals surface area contributed by atoms with Crippen molar-refractivity contribution in [3.8, 4) is 67.5 Å². The molecule has 0 amide bonds. The van der Waals surface area contributed by atoms with Gasteiger partial charge in [-0.05, 0) is 65.4 Å². The second-order valence-electron chi connectivity index (χ2n) is 15.7. The van der Waals surface area contributed by atoms with Crippen molar-refractivity contribution in [3.63, 3.8) is 0 Å². The van der Waals surface area contributed by atoms with Gasteiger partial charge in [0.25, 0.3) is 0 Å². The maximum Gasteiger partial charge on any atom is 0.152 e. The van der Waals surface area contributed by atoms with Crippen molar-refractivity contribution in [2.24, 2.45) is 0 Å². The van der Waals surface area contributed by atoms with Crippen LogP contribution in [0.5, 0.6) is 5.75 Å². The molecule has 10 rings (SSSR count). The molecular formula is C53H40N3O2Pt-. The third kappa shape index (κ3) is 6.76. The van der Waals surface area contributed by atoms with E-state index in [1.54, 1.807) is 24.4 Å². The van der Waals surface area contributed by atoms with Gasteiger partial charge in [-0.25, -0.2) is 4.98 Å². The standard InChI is InChI=1S/C53H40N3O2.Pt/c1-33-21-23-34(24-22-33)36-27-28-54-44(32-36)38-29-37(30-39(31-38)53(2,3)4)41-17-12-19-46-50(41)55-52(56(46)45-18-10-8-15-40(45)35-13-6-5-7-14-35)49-47(57)26-25-43-42-16-9-11-20-48(42)58-51(43)49;/h5-28,30-32,57H,1-4H3;/q-1;/i1D3;. The average molecular weight is 949 g/mol. The summed E-state index contributed by atoms with van der Waals surface area (Å²) in [6, 6.07) is 55.3. The maximum atomic E-state index is 11.8. The van der Waals surface area contributed by atoms with Gasteiger partial charge in [0.1, 0.15) is 22.5 Å². The molecule has 5 nitrogen and oxygen atoms in total. The third-order valence-corrected chi connectivity index (χ3v) is 10.9. The van der Waals surface area contributed by atoms with Crippen LogP contribution < -0.4 is 0 Å². The minimum absolute atomic E-state index is 0. The van der Waals surface area contributed by atoms with Crippen LogP contribution in [0.2, 0.25) is 0 Å². The number of phenols is 1. The van der Waals surface area contributed by atoms with Crippen LogP contribution in [0.1, 0.15) is 36.0 Å². The van der Waals surface area contributed by atoms with Crippen molar-refractivity contribution in [1.29, 1.82) is 0 Å². The number of benzene rings is 7. The minimum atomic E-state index is -2.17. The SMILES string of the molecule is [2H]C([2H])([2H])c1ccc(-c2ccnc(-c3[c-]c(-c4cccc5c4nc(-c4c(O)ccc6c4oc4ccccc46)n5-c4ccccc4-c4ccccc4)cc(C(C)(C)C)c3)c2)cc1.[Pt]. The molecule has 10 aromatic rings. The Kier molecular flexibility index (Phi) is 8.76. The first kappa shape index (κ1) is 34.5. The fourth-order valence-corrected chi connectivity index (χ4v) is 7.96. The number of nitrogens with zero attached hydrogens (tertiary/aromatic N) is 3. The van der Waals surface area contributed by atoms with E-state index in [0.717, 1.165) is 83.3 Å². The van der Waals surface area contributed by atoms with Crippen molar-refractivity contribution in [3.05, 3.63) is 181 Å². The number of pyridine rings is 1. The Balaban J connectivity index is 0.00000490. The minimum Gasteiger partial charge on any atom is -0.507 e. The molecule has 290 valence electrons. The number of phenolic OH excluding ortho intramolecular Hbond substituents is 1. The summed E-state index contributed by atoms with van der Waals surface area (Å²) in [4.78, 5) is 10.3. The van der Waals surface area contributed by atoms with Crippen LogP contribution in [0, 0.1) is 12.9 Å². The van der Waals surface area contributed by atoms with Crippen LogP contribution in [-0.4, -0.2) is 19.6 Å². The summed E-state index contributed by atoms with van der Waals surface area (Å²) in [6.07, 6.45) is 1.78. The fraction of sp³-hybridized carbons (Fsp3) is 0.0943. The maximum absolute atomic E-state index is 11.8. The first-order valence-electron chi connectivity index (χ1n) is 20.9. The Morgan fingerprint density at radius 2 is 1.42 bits per heavy atom. The van der Waals surface area contributed by atoms with Crippen LogP contribution >= 0.6 is 0 Å². The number of hydrogen-bond acceptors (Lipinski definition) is 4. The number of aryl methyl sites for hydroxylation is 1. The van der Waals surface area contributed by atoms with Crippen LogP contribution in [0.3, 0.4) is 0 Å². The van der Waals surface area contributed by atoms with Gasteiger partial charge in [-0.3, -0.25) is 9.55 Å². The van der Waals surface area contributed by atoms with Crippen LogP contribution in [-0.2, 0) is 26.5 Å². The zero-order chi connectivity index (χ0) is 42.0. The summed E-state index contributed by atoms with van der Waals surface area (Å²) in [7, 11) is 0. The van der Waals surface area contributed by atoms with E-state index < -0.39 is 6.85 Å². The van der Waals surface area contributed by atoms with Gasteiger partial charge in [0.05, 0.1) is 16.7 Å². The zero-order valence-corrected chi connectivity index (χ0v) is 34.9. The molecule has 0 spiro atoms. The van der Waals surface area contributed by atoms with Crippen molar-refractivity contribution in [1.82, 2.24) is 14.5 Å². The Labute approximate surface area is 362 Å². The summed E-state index contributed by atoms with van der Waals surface area (Å²) in [5.41, 5.74) is 12.6. The molecule has 0 saturated carbocycles. The molecule has 0 bridgehead atoms. The van der Waals surface area contributed by atoms with E-state index in [9.17, 15) is 5.11 Å². The molecule has 0 aliphatic heterocycles. The summed E-state index contributed by atoms with van der Waals surface area (Å²) >= 11 is 0. The number of furan rings is 1. The summed E-state index contributed by atoms with van der Waals surface area (Å²) in [5, 5.41) is 13.7. The number of imidazole rings is 1. The van der Waals surface area contributed by atoms with Gasteiger partial charge in [-0.15, -0.1) is 29.3 Å². The number of para-hydroxylation sites is 3. The third-order valence-electron chi connectivity index (χ3n) is 10.9. The van der Waals surface area contributed by atoms with E-state index in [0.29, 0.717) is 22.5 Å². The largest absolute Gasteiger partial charge is 0.507 e. The van der Waals surface area contributed by atoms with Crippen molar-refractivity contribution in [2.75, 3.05) is 0 Å². The molecule has 0 radical (unpaired) electrons. The molecule has 0 saturated heterocycles. The van der Waals surface area contributed by atoms with Crippen LogP contribution in [0.25, 0.3) is 94.7 Å². The quantitative estimate of drug-likeness (QED) is 0.169. The molecule has 3 aromatic heterocycles. The smallest absolute Gasteiger partial charge is 0.152 e. The second-order valence-corrected chi connectivity index (χ2v) is 15.7. The van der Waals surface area contributed by atoms with E-state index in [1.165, 1.54) is 0 Å². The Morgan fingerprint density at radius 3 is 2.24 bits per heavy atom. The Morgan fingerprint density at radius 1 is 0.678 bits per heavy atom. The van der Waals surface area contributed by atoms with Gasteiger partial charge in [-0.2, -0.15) is 0 Å². The Bertz CT molecular complexity index is 3290. The topological polar surface area (TPSA) is 64.1 Å². The molecule has 0 unspecified atom stereocenters. The second kappa shape index (κ2) is 15.0. The molecular weight excluding hydrogens is 906 g/mol. The molecule has 6 heteroatoms. The molecule has 0 atom stereocenters. The average Bonchev–Trinajstić information content (AvgIpc) is 3.84. The van der Waals surface area contributed by atoms with Crippen molar-refractivity contribution < 1.29 is 34.7 Å². The number of aromatic nitrogens is 3. The molecule has 7 aromatic carbocycles. The number of aromatic hydroxyl groups is 1. The van der Waals surface area contributed by atoms with E-state index in [1.807, 2.05) is 91.0 Å². The molecule has 59 heavy (non-hydrogen) atoms. The number of fused-ring (bicyclic) bond motifs is 4. The van der Waals surface area contributed by atoms with E-state index >= 15 is 0 Å². The molecule has 0 aliphatic carbocycles. The van der Waals surface area contributed by atoms with Crippen molar-refractivity contribution >= 4 is 33.0 Å². The van der Waals surface area contributed by atoms with E-state index in [4.69, 9.17) is 18.5 Å². The van der Waals surface area contributed by atoms with Gasteiger partial charge in [0.2, 0.25) is 0 Å². The molecule has 0 aliphatic rings. The monoisotopic (exact) mass is 948 g/mol. The molecule has 3 heterocycles. The molecule has 0 fully saturated rings. The van der Waals surface area contributed by atoms with Gasteiger partial charge >= 0.3 is 0 Å². The first-order valence-corrected chi connectivity index (χ1v) is 19.4.